The molecule has 0 atom stereocenters. The minimum Gasteiger partial charge on any atom is -0.387 e. The first-order valence-electron chi connectivity index (χ1n) is 4.02. The predicted octanol–water partition coefficient (Wildman–Crippen LogP) is 2.50. The van der Waals surface area contributed by atoms with Crippen LogP contribution in [0.25, 0.3) is 0 Å². The number of hydrogen-bond acceptors (Lipinski definition) is 1. The quantitative estimate of drug-likeness (QED) is 0.446. The van der Waals surface area contributed by atoms with Gasteiger partial charge in [0.15, 0.2) is 17.5 Å². The van der Waals surface area contributed by atoms with Gasteiger partial charge in [0.05, 0.1) is 5.84 Å². The molecule has 0 fully saturated rings. The number of amidine groups is 1. The SMILES string of the molecule is CCC(N)=Nc1cc(F)c(F)cc1F. The molecular formula is C9H9F3N2. The fourth-order valence-electron chi connectivity index (χ4n) is 0.832. The average molecular weight is 202 g/mol. The molecule has 0 spiro atoms. The maximum absolute atomic E-state index is 13.0. The van der Waals surface area contributed by atoms with Crippen molar-refractivity contribution in [2.75, 3.05) is 0 Å². The molecule has 0 amide bonds. The molecule has 1 aromatic rings. The highest BCUT2D eigenvalue weighted by molar-refractivity contribution is 5.82. The van der Waals surface area contributed by atoms with Gasteiger partial charge < -0.3 is 5.73 Å². The number of nitrogens with two attached hydrogens (primary N) is 1. The van der Waals surface area contributed by atoms with Gasteiger partial charge >= 0.3 is 0 Å². The van der Waals surface area contributed by atoms with Crippen LogP contribution >= 0.6 is 0 Å². The summed E-state index contributed by atoms with van der Waals surface area (Å²) in [7, 11) is 0. The minimum absolute atomic E-state index is 0.162. The lowest BCUT2D eigenvalue weighted by molar-refractivity contribution is 0.496. The van der Waals surface area contributed by atoms with Crippen LogP contribution in [0.3, 0.4) is 0 Å². The molecule has 0 aliphatic heterocycles. The zero-order chi connectivity index (χ0) is 10.7. The molecule has 0 aliphatic carbocycles. The number of benzene rings is 1. The van der Waals surface area contributed by atoms with E-state index in [1.54, 1.807) is 6.92 Å². The van der Waals surface area contributed by atoms with E-state index in [-0.39, 0.29) is 11.5 Å². The van der Waals surface area contributed by atoms with E-state index < -0.39 is 17.5 Å². The van der Waals surface area contributed by atoms with Crippen molar-refractivity contribution in [2.24, 2.45) is 10.7 Å². The molecule has 0 aromatic heterocycles. The molecule has 76 valence electrons. The van der Waals surface area contributed by atoms with Crippen molar-refractivity contribution in [3.8, 4) is 0 Å². The monoisotopic (exact) mass is 202 g/mol. The minimum atomic E-state index is -1.24. The van der Waals surface area contributed by atoms with E-state index in [1.807, 2.05) is 0 Å². The van der Waals surface area contributed by atoms with Crippen LogP contribution in [0.4, 0.5) is 18.9 Å². The first kappa shape index (κ1) is 10.6. The molecule has 0 saturated carbocycles. The Kier molecular flexibility index (Phi) is 3.11. The van der Waals surface area contributed by atoms with Crippen LogP contribution in [0.15, 0.2) is 17.1 Å². The molecule has 0 aliphatic rings. The number of nitrogens with zero attached hydrogens (tertiary/aromatic N) is 1. The van der Waals surface area contributed by atoms with Gasteiger partial charge in [0, 0.05) is 18.6 Å². The van der Waals surface area contributed by atoms with Crippen LogP contribution in [0, 0.1) is 17.5 Å². The van der Waals surface area contributed by atoms with Crippen LogP contribution in [0.1, 0.15) is 13.3 Å². The highest BCUT2D eigenvalue weighted by Gasteiger charge is 2.08. The average Bonchev–Trinajstić information content (AvgIpc) is 2.14. The lowest BCUT2D eigenvalue weighted by atomic mass is 10.3. The summed E-state index contributed by atoms with van der Waals surface area (Å²) in [5, 5.41) is 0. The first-order chi connectivity index (χ1) is 6.54. The topological polar surface area (TPSA) is 38.4 Å². The predicted molar refractivity (Wildman–Crippen MR) is 47.9 cm³/mol. The Morgan fingerprint density at radius 3 is 2.36 bits per heavy atom. The molecule has 14 heavy (non-hydrogen) atoms. The van der Waals surface area contributed by atoms with Gasteiger partial charge in [-0.25, -0.2) is 18.2 Å². The second-order valence-electron chi connectivity index (χ2n) is 2.67. The standard InChI is InChI=1S/C9H9F3N2/c1-2-9(13)14-8-4-6(11)5(10)3-7(8)12/h3-4H,2H2,1H3,(H2,13,14). The van der Waals surface area contributed by atoms with Gasteiger partial charge in [-0.15, -0.1) is 0 Å². The molecule has 0 heterocycles. The first-order valence-corrected chi connectivity index (χ1v) is 4.02. The van der Waals surface area contributed by atoms with Crippen molar-refractivity contribution in [2.45, 2.75) is 13.3 Å². The molecule has 0 bridgehead atoms. The fourth-order valence-corrected chi connectivity index (χ4v) is 0.832. The third-order valence-electron chi connectivity index (χ3n) is 1.62. The summed E-state index contributed by atoms with van der Waals surface area (Å²) in [6.45, 7) is 1.72. The van der Waals surface area contributed by atoms with Crippen LogP contribution in [0.2, 0.25) is 0 Å². The molecule has 0 radical (unpaired) electrons. The van der Waals surface area contributed by atoms with Gasteiger partial charge in [-0.05, 0) is 0 Å². The largest absolute Gasteiger partial charge is 0.387 e. The second-order valence-corrected chi connectivity index (χ2v) is 2.67. The summed E-state index contributed by atoms with van der Waals surface area (Å²) in [5.74, 6) is -3.15. The number of hydrogen-bond donors (Lipinski definition) is 1. The summed E-state index contributed by atoms with van der Waals surface area (Å²) >= 11 is 0. The highest BCUT2D eigenvalue weighted by atomic mass is 19.2. The van der Waals surface area contributed by atoms with Crippen LogP contribution in [0.5, 0.6) is 0 Å². The van der Waals surface area contributed by atoms with E-state index in [0.29, 0.717) is 18.6 Å². The third-order valence-corrected chi connectivity index (χ3v) is 1.62. The maximum atomic E-state index is 13.0. The summed E-state index contributed by atoms with van der Waals surface area (Å²) in [4.78, 5) is 3.59. The van der Waals surface area contributed by atoms with E-state index in [4.69, 9.17) is 5.73 Å². The molecule has 2 N–H and O–H groups in total. The summed E-state index contributed by atoms with van der Waals surface area (Å²) in [5.41, 5.74) is 5.04. The van der Waals surface area contributed by atoms with Crippen LogP contribution < -0.4 is 5.73 Å². The van der Waals surface area contributed by atoms with Gasteiger partial charge in [0.25, 0.3) is 0 Å². The number of aliphatic imine (C=N–C) groups is 1. The van der Waals surface area contributed by atoms with Crippen molar-refractivity contribution in [1.82, 2.24) is 0 Å². The Morgan fingerprint density at radius 2 is 1.79 bits per heavy atom. The molecule has 0 saturated heterocycles. The normalized spacial score (nSPS) is 11.9. The third kappa shape index (κ3) is 2.25. The molecule has 1 rings (SSSR count). The molecule has 2 nitrogen and oxygen atoms in total. The summed E-state index contributed by atoms with van der Waals surface area (Å²) in [6, 6.07) is 1.12. The van der Waals surface area contributed by atoms with Crippen molar-refractivity contribution in [1.29, 1.82) is 0 Å². The van der Waals surface area contributed by atoms with E-state index >= 15 is 0 Å². The Morgan fingerprint density at radius 1 is 1.21 bits per heavy atom. The highest BCUT2D eigenvalue weighted by Crippen LogP contribution is 2.21. The van der Waals surface area contributed by atoms with Gasteiger partial charge in [-0.1, -0.05) is 6.92 Å². The van der Waals surface area contributed by atoms with Gasteiger partial charge in [-0.3, -0.25) is 0 Å². The van der Waals surface area contributed by atoms with E-state index in [0.717, 1.165) is 0 Å². The van der Waals surface area contributed by atoms with E-state index in [2.05, 4.69) is 4.99 Å². The van der Waals surface area contributed by atoms with E-state index in [9.17, 15) is 13.2 Å². The molecule has 0 unspecified atom stereocenters. The molecule has 5 heteroatoms. The summed E-state index contributed by atoms with van der Waals surface area (Å²) in [6.07, 6.45) is 0.415. The Balaban J connectivity index is 3.16. The van der Waals surface area contributed by atoms with Gasteiger partial charge in [0.2, 0.25) is 0 Å². The smallest absolute Gasteiger partial charge is 0.161 e. The van der Waals surface area contributed by atoms with E-state index in [1.165, 1.54) is 0 Å². The number of rotatable bonds is 2. The zero-order valence-electron chi connectivity index (χ0n) is 7.52. The zero-order valence-corrected chi connectivity index (χ0v) is 7.52. The second kappa shape index (κ2) is 4.13. The molecular weight excluding hydrogens is 193 g/mol. The molecule has 1 aromatic carbocycles. The van der Waals surface area contributed by atoms with Gasteiger partial charge in [-0.2, -0.15) is 0 Å². The Labute approximate surface area is 79.3 Å². The lowest BCUT2D eigenvalue weighted by Gasteiger charge is -2.00. The lowest BCUT2D eigenvalue weighted by Crippen LogP contribution is -2.08. The van der Waals surface area contributed by atoms with Crippen LogP contribution in [-0.2, 0) is 0 Å². The van der Waals surface area contributed by atoms with Crippen molar-refractivity contribution in [3.63, 3.8) is 0 Å². The Hall–Kier alpha value is -1.52. The number of halogens is 3. The Bertz CT molecular complexity index is 375. The van der Waals surface area contributed by atoms with Crippen LogP contribution in [-0.4, -0.2) is 5.84 Å². The van der Waals surface area contributed by atoms with Crippen molar-refractivity contribution in [3.05, 3.63) is 29.6 Å². The fraction of sp³-hybridized carbons (Fsp3) is 0.222. The van der Waals surface area contributed by atoms with Gasteiger partial charge in [0.1, 0.15) is 5.69 Å². The van der Waals surface area contributed by atoms with Crippen molar-refractivity contribution >= 4 is 11.5 Å². The maximum Gasteiger partial charge on any atom is 0.161 e. The summed E-state index contributed by atoms with van der Waals surface area (Å²) < 4.78 is 38.1. The van der Waals surface area contributed by atoms with Crippen molar-refractivity contribution < 1.29 is 13.2 Å².